The van der Waals surface area contributed by atoms with Crippen LogP contribution in [0.5, 0.6) is 5.75 Å². The first-order chi connectivity index (χ1) is 9.00. The van der Waals surface area contributed by atoms with E-state index in [1.807, 2.05) is 0 Å². The molecule has 1 fully saturated rings. The van der Waals surface area contributed by atoms with Crippen molar-refractivity contribution in [2.45, 2.75) is 19.3 Å². The summed E-state index contributed by atoms with van der Waals surface area (Å²) in [6, 6.07) is 3.99. The first-order valence-electron chi connectivity index (χ1n) is 6.22. The molecule has 0 aromatic heterocycles. The predicted molar refractivity (Wildman–Crippen MR) is 69.1 cm³/mol. The second kappa shape index (κ2) is 5.26. The molecule has 19 heavy (non-hydrogen) atoms. The molecule has 0 saturated heterocycles. The monoisotopic (exact) mass is 264 g/mol. The highest BCUT2D eigenvalue weighted by molar-refractivity contribution is 5.97. The Labute approximate surface area is 110 Å². The summed E-state index contributed by atoms with van der Waals surface area (Å²) >= 11 is 0. The Bertz CT molecular complexity index is 511. The van der Waals surface area contributed by atoms with Crippen LogP contribution in [0.25, 0.3) is 0 Å². The zero-order chi connectivity index (χ0) is 14.0. The summed E-state index contributed by atoms with van der Waals surface area (Å²) < 4.78 is 0. The van der Waals surface area contributed by atoms with Crippen molar-refractivity contribution in [1.82, 2.24) is 4.90 Å². The molecule has 2 rings (SSSR count). The van der Waals surface area contributed by atoms with Crippen LogP contribution >= 0.6 is 0 Å². The number of benzene rings is 1. The van der Waals surface area contributed by atoms with Crippen LogP contribution in [-0.2, 0) is 0 Å². The van der Waals surface area contributed by atoms with Gasteiger partial charge in [0.1, 0.15) is 0 Å². The average molecular weight is 264 g/mol. The normalized spacial score (nSPS) is 14.8. The summed E-state index contributed by atoms with van der Waals surface area (Å²) in [6.07, 6.45) is 3.41. The molecule has 0 atom stereocenters. The molecule has 0 aliphatic heterocycles. The summed E-state index contributed by atoms with van der Waals surface area (Å²) in [7, 11) is 1.65. The van der Waals surface area contributed by atoms with Crippen LogP contribution in [-0.4, -0.2) is 34.4 Å². The molecule has 0 heterocycles. The number of phenolic OH excluding ortho intramolecular Hbond substituents is 1. The average Bonchev–Trinajstić information content (AvgIpc) is 2.32. The maximum absolute atomic E-state index is 12.2. The van der Waals surface area contributed by atoms with Crippen LogP contribution in [0.4, 0.5) is 5.69 Å². The van der Waals surface area contributed by atoms with Gasteiger partial charge in [-0.2, -0.15) is 0 Å². The lowest BCUT2D eigenvalue weighted by atomic mass is 9.85. The van der Waals surface area contributed by atoms with Crippen molar-refractivity contribution < 1.29 is 14.8 Å². The van der Waals surface area contributed by atoms with E-state index in [2.05, 4.69) is 0 Å². The van der Waals surface area contributed by atoms with Crippen LogP contribution in [0.1, 0.15) is 29.6 Å². The van der Waals surface area contributed by atoms with Crippen molar-refractivity contribution in [3.05, 3.63) is 33.9 Å². The van der Waals surface area contributed by atoms with Gasteiger partial charge in [0.15, 0.2) is 0 Å². The Kier molecular flexibility index (Phi) is 3.69. The van der Waals surface area contributed by atoms with Crippen LogP contribution in [0.15, 0.2) is 18.2 Å². The van der Waals surface area contributed by atoms with Gasteiger partial charge >= 0.3 is 5.69 Å². The molecule has 102 valence electrons. The fourth-order valence-electron chi connectivity index (χ4n) is 2.20. The van der Waals surface area contributed by atoms with Gasteiger partial charge in [0, 0.05) is 19.7 Å². The van der Waals surface area contributed by atoms with E-state index < -0.39 is 16.4 Å². The summed E-state index contributed by atoms with van der Waals surface area (Å²) in [6.45, 7) is 0.626. The molecule has 1 amide bonds. The minimum absolute atomic E-state index is 0.0176. The molecular formula is C13H16N2O4. The number of hydrogen-bond acceptors (Lipinski definition) is 4. The van der Waals surface area contributed by atoms with E-state index in [1.165, 1.54) is 29.5 Å². The molecule has 1 aromatic carbocycles. The molecule has 1 N–H and O–H groups in total. The number of carbonyl (C=O) groups is 1. The zero-order valence-corrected chi connectivity index (χ0v) is 10.7. The van der Waals surface area contributed by atoms with Crippen LogP contribution in [0, 0.1) is 16.0 Å². The molecule has 1 saturated carbocycles. The number of nitrogens with zero attached hydrogens (tertiary/aromatic N) is 2. The van der Waals surface area contributed by atoms with Crippen LogP contribution < -0.4 is 0 Å². The highest BCUT2D eigenvalue weighted by Crippen LogP contribution is 2.31. The third kappa shape index (κ3) is 2.67. The smallest absolute Gasteiger partial charge is 0.311 e. The first-order valence-corrected chi connectivity index (χ1v) is 6.22. The molecule has 1 aliphatic carbocycles. The van der Waals surface area contributed by atoms with Gasteiger partial charge in [-0.15, -0.1) is 0 Å². The molecule has 6 heteroatoms. The fraction of sp³-hybridized carbons (Fsp3) is 0.462. The number of phenols is 1. The lowest BCUT2D eigenvalue weighted by Gasteiger charge is -2.30. The first kappa shape index (κ1) is 13.3. The number of nitro benzene ring substituents is 1. The van der Waals surface area contributed by atoms with Crippen molar-refractivity contribution >= 4 is 11.6 Å². The van der Waals surface area contributed by atoms with E-state index in [9.17, 15) is 20.0 Å². The zero-order valence-electron chi connectivity index (χ0n) is 10.7. The van der Waals surface area contributed by atoms with Crippen molar-refractivity contribution in [3.63, 3.8) is 0 Å². The molecule has 0 radical (unpaired) electrons. The largest absolute Gasteiger partial charge is 0.502 e. The number of hydrogen-bond donors (Lipinski definition) is 1. The molecule has 0 bridgehead atoms. The maximum Gasteiger partial charge on any atom is 0.311 e. The van der Waals surface area contributed by atoms with Crippen molar-refractivity contribution in [2.24, 2.45) is 5.92 Å². The van der Waals surface area contributed by atoms with Gasteiger partial charge in [-0.1, -0.05) is 12.5 Å². The molecule has 0 spiro atoms. The van der Waals surface area contributed by atoms with Crippen molar-refractivity contribution in [2.75, 3.05) is 13.6 Å². The van der Waals surface area contributed by atoms with E-state index in [4.69, 9.17) is 0 Å². The van der Waals surface area contributed by atoms with Crippen molar-refractivity contribution in [1.29, 1.82) is 0 Å². The predicted octanol–water partition coefficient (Wildman–Crippen LogP) is 2.17. The number of rotatable bonds is 4. The third-order valence-corrected chi connectivity index (χ3v) is 3.55. The SMILES string of the molecule is CN(CC1CCC1)C(=O)c1cccc([N+](=O)[O-])c1O. The highest BCUT2D eigenvalue weighted by Gasteiger charge is 2.26. The summed E-state index contributed by atoms with van der Waals surface area (Å²) in [5.41, 5.74) is -0.459. The number of nitro groups is 1. The number of amides is 1. The lowest BCUT2D eigenvalue weighted by Crippen LogP contribution is -2.34. The quantitative estimate of drug-likeness (QED) is 0.667. The second-order valence-electron chi connectivity index (χ2n) is 4.91. The van der Waals surface area contributed by atoms with E-state index >= 15 is 0 Å². The Balaban J connectivity index is 2.18. The topological polar surface area (TPSA) is 83.7 Å². The highest BCUT2D eigenvalue weighted by atomic mass is 16.6. The summed E-state index contributed by atoms with van der Waals surface area (Å²) in [4.78, 5) is 23.7. The molecule has 6 nitrogen and oxygen atoms in total. The minimum atomic E-state index is -0.696. The van der Waals surface area contributed by atoms with E-state index in [0.717, 1.165) is 12.8 Å². The van der Waals surface area contributed by atoms with Gasteiger partial charge in [-0.05, 0) is 24.8 Å². The van der Waals surface area contributed by atoms with E-state index in [-0.39, 0.29) is 11.5 Å². The Morgan fingerprint density at radius 2 is 2.21 bits per heavy atom. The summed E-state index contributed by atoms with van der Waals surface area (Å²) in [5, 5.41) is 20.5. The number of para-hydroxylation sites is 1. The molecule has 0 unspecified atom stereocenters. The molecular weight excluding hydrogens is 248 g/mol. The van der Waals surface area contributed by atoms with Gasteiger partial charge in [-0.25, -0.2) is 0 Å². The standard InChI is InChI=1S/C13H16N2O4/c1-14(8-9-4-2-5-9)13(17)10-6-3-7-11(12(10)16)15(18)19/h3,6-7,9,16H,2,4-5,8H2,1H3. The van der Waals surface area contributed by atoms with E-state index in [0.29, 0.717) is 12.5 Å². The van der Waals surface area contributed by atoms with E-state index in [1.54, 1.807) is 7.05 Å². The van der Waals surface area contributed by atoms with Crippen molar-refractivity contribution in [3.8, 4) is 5.75 Å². The van der Waals surface area contributed by atoms with Gasteiger partial charge in [0.25, 0.3) is 5.91 Å². The minimum Gasteiger partial charge on any atom is -0.502 e. The third-order valence-electron chi connectivity index (χ3n) is 3.55. The van der Waals surface area contributed by atoms with Crippen LogP contribution in [0.2, 0.25) is 0 Å². The Morgan fingerprint density at radius 1 is 1.53 bits per heavy atom. The molecule has 1 aromatic rings. The van der Waals surface area contributed by atoms with Crippen LogP contribution in [0.3, 0.4) is 0 Å². The van der Waals surface area contributed by atoms with Gasteiger partial charge in [0.2, 0.25) is 5.75 Å². The van der Waals surface area contributed by atoms with Gasteiger partial charge < -0.3 is 10.0 Å². The Hall–Kier alpha value is -2.11. The van der Waals surface area contributed by atoms with Gasteiger partial charge in [-0.3, -0.25) is 14.9 Å². The molecule has 1 aliphatic rings. The number of aromatic hydroxyl groups is 1. The van der Waals surface area contributed by atoms with Gasteiger partial charge in [0.05, 0.1) is 10.5 Å². The fourth-order valence-corrected chi connectivity index (χ4v) is 2.20. The number of carbonyl (C=O) groups excluding carboxylic acids is 1. The summed E-state index contributed by atoms with van der Waals surface area (Å²) in [5.74, 6) is -0.430. The second-order valence-corrected chi connectivity index (χ2v) is 4.91. The lowest BCUT2D eigenvalue weighted by molar-refractivity contribution is -0.385. The Morgan fingerprint density at radius 3 is 2.74 bits per heavy atom. The maximum atomic E-state index is 12.2.